The van der Waals surface area contributed by atoms with E-state index in [0.717, 1.165) is 52.6 Å². The van der Waals surface area contributed by atoms with E-state index in [-0.39, 0.29) is 0 Å². The van der Waals surface area contributed by atoms with E-state index in [4.69, 9.17) is 9.47 Å². The number of nitrogens with zero attached hydrogens (tertiary/aromatic N) is 3. The van der Waals surface area contributed by atoms with E-state index >= 15 is 0 Å². The lowest BCUT2D eigenvalue weighted by Gasteiger charge is -2.43. The molecule has 0 aromatic carbocycles. The molecule has 2 saturated heterocycles. The second kappa shape index (κ2) is 6.43. The van der Waals surface area contributed by atoms with Gasteiger partial charge in [-0.05, 0) is 17.7 Å². The zero-order chi connectivity index (χ0) is 12.9. The van der Waals surface area contributed by atoms with Crippen LogP contribution in [-0.4, -0.2) is 67.4 Å². The van der Waals surface area contributed by atoms with Crippen molar-refractivity contribution in [2.45, 2.75) is 6.17 Å². The van der Waals surface area contributed by atoms with E-state index in [2.05, 4.69) is 26.9 Å². The van der Waals surface area contributed by atoms with Crippen LogP contribution in [0.15, 0.2) is 24.5 Å². The molecule has 0 aliphatic carbocycles. The van der Waals surface area contributed by atoms with Gasteiger partial charge in [0, 0.05) is 38.6 Å². The Morgan fingerprint density at radius 1 is 0.842 bits per heavy atom. The molecule has 2 aliphatic heterocycles. The summed E-state index contributed by atoms with van der Waals surface area (Å²) in [5.74, 6) is 0. The summed E-state index contributed by atoms with van der Waals surface area (Å²) in [6.45, 7) is 7.26. The Labute approximate surface area is 114 Å². The standard InChI is InChI=1S/C14H21N3O2/c1-3-15-4-2-13(1)14(16-5-9-18-10-6-16)17-7-11-19-12-8-17/h1-4,14H,5-12H2. The first kappa shape index (κ1) is 13.0. The maximum absolute atomic E-state index is 5.48. The fraction of sp³-hybridized carbons (Fsp3) is 0.643. The number of hydrogen-bond donors (Lipinski definition) is 0. The Balaban J connectivity index is 1.81. The lowest BCUT2D eigenvalue weighted by molar-refractivity contribution is -0.0676. The molecule has 0 radical (unpaired) electrons. The predicted octanol–water partition coefficient (Wildman–Crippen LogP) is 0.745. The fourth-order valence-corrected chi connectivity index (χ4v) is 2.83. The van der Waals surface area contributed by atoms with E-state index in [0.29, 0.717) is 6.17 Å². The smallest absolute Gasteiger partial charge is 0.0890 e. The van der Waals surface area contributed by atoms with Gasteiger partial charge in [0.25, 0.3) is 0 Å². The highest BCUT2D eigenvalue weighted by atomic mass is 16.5. The summed E-state index contributed by atoms with van der Waals surface area (Å²) in [5, 5.41) is 0. The minimum absolute atomic E-state index is 0.329. The van der Waals surface area contributed by atoms with Crippen LogP contribution in [0.5, 0.6) is 0 Å². The van der Waals surface area contributed by atoms with E-state index in [1.165, 1.54) is 5.56 Å². The highest BCUT2D eigenvalue weighted by Crippen LogP contribution is 2.26. The lowest BCUT2D eigenvalue weighted by atomic mass is 10.1. The molecule has 0 saturated carbocycles. The summed E-state index contributed by atoms with van der Waals surface area (Å²) in [4.78, 5) is 9.14. The molecule has 104 valence electrons. The van der Waals surface area contributed by atoms with Crippen LogP contribution in [0.25, 0.3) is 0 Å². The SMILES string of the molecule is c1cc(C(N2CCOCC2)N2CCOCC2)ccn1. The largest absolute Gasteiger partial charge is 0.379 e. The summed E-state index contributed by atoms with van der Waals surface area (Å²) in [6.07, 6.45) is 4.09. The maximum atomic E-state index is 5.48. The minimum Gasteiger partial charge on any atom is -0.379 e. The van der Waals surface area contributed by atoms with Gasteiger partial charge in [-0.1, -0.05) is 0 Å². The molecule has 2 aliphatic rings. The molecule has 1 aromatic rings. The summed E-state index contributed by atoms with van der Waals surface area (Å²) in [7, 11) is 0. The normalized spacial score (nSPS) is 22.8. The second-order valence-electron chi connectivity index (χ2n) is 4.95. The Hall–Kier alpha value is -1.01. The van der Waals surface area contributed by atoms with Crippen LogP contribution in [0.1, 0.15) is 11.7 Å². The van der Waals surface area contributed by atoms with Gasteiger partial charge < -0.3 is 9.47 Å². The first-order chi connectivity index (χ1) is 9.45. The Morgan fingerprint density at radius 2 is 1.32 bits per heavy atom. The van der Waals surface area contributed by atoms with Crippen molar-refractivity contribution in [3.05, 3.63) is 30.1 Å². The quantitative estimate of drug-likeness (QED) is 0.804. The molecule has 5 heteroatoms. The molecular weight excluding hydrogens is 242 g/mol. The van der Waals surface area contributed by atoms with Crippen LogP contribution < -0.4 is 0 Å². The van der Waals surface area contributed by atoms with Gasteiger partial charge in [-0.3, -0.25) is 14.8 Å². The van der Waals surface area contributed by atoms with Crippen molar-refractivity contribution in [1.29, 1.82) is 0 Å². The summed E-state index contributed by atoms with van der Waals surface area (Å²) in [6, 6.07) is 4.24. The summed E-state index contributed by atoms with van der Waals surface area (Å²) < 4.78 is 11.0. The van der Waals surface area contributed by atoms with Crippen LogP contribution in [-0.2, 0) is 9.47 Å². The van der Waals surface area contributed by atoms with Gasteiger partial charge in [-0.25, -0.2) is 0 Å². The van der Waals surface area contributed by atoms with Crippen molar-refractivity contribution in [2.75, 3.05) is 52.6 Å². The number of rotatable bonds is 3. The molecule has 1 aromatic heterocycles. The topological polar surface area (TPSA) is 37.8 Å². The van der Waals surface area contributed by atoms with Gasteiger partial charge >= 0.3 is 0 Å². The molecule has 5 nitrogen and oxygen atoms in total. The molecular formula is C14H21N3O2. The molecule has 0 spiro atoms. The molecule has 0 N–H and O–H groups in total. The average Bonchev–Trinajstić information content (AvgIpc) is 2.51. The monoisotopic (exact) mass is 263 g/mol. The van der Waals surface area contributed by atoms with E-state index in [1.54, 1.807) is 0 Å². The third kappa shape index (κ3) is 3.12. The number of aromatic nitrogens is 1. The van der Waals surface area contributed by atoms with Crippen LogP contribution in [0.2, 0.25) is 0 Å². The van der Waals surface area contributed by atoms with Gasteiger partial charge in [-0.15, -0.1) is 0 Å². The Kier molecular flexibility index (Phi) is 4.40. The average molecular weight is 263 g/mol. The first-order valence-corrected chi connectivity index (χ1v) is 6.99. The Bertz CT molecular complexity index is 358. The van der Waals surface area contributed by atoms with Gasteiger partial charge in [0.2, 0.25) is 0 Å². The molecule has 3 heterocycles. The zero-order valence-corrected chi connectivity index (χ0v) is 11.2. The van der Waals surface area contributed by atoms with Crippen molar-refractivity contribution in [1.82, 2.24) is 14.8 Å². The molecule has 3 rings (SSSR count). The number of morpholine rings is 2. The number of ether oxygens (including phenoxy) is 2. The predicted molar refractivity (Wildman–Crippen MR) is 71.8 cm³/mol. The molecule has 0 amide bonds. The van der Waals surface area contributed by atoms with E-state index in [9.17, 15) is 0 Å². The summed E-state index contributed by atoms with van der Waals surface area (Å²) >= 11 is 0. The third-order valence-corrected chi connectivity index (χ3v) is 3.79. The number of hydrogen-bond acceptors (Lipinski definition) is 5. The molecule has 0 bridgehead atoms. The zero-order valence-electron chi connectivity index (χ0n) is 11.2. The van der Waals surface area contributed by atoms with Crippen molar-refractivity contribution in [3.8, 4) is 0 Å². The number of pyridine rings is 1. The highest BCUT2D eigenvalue weighted by molar-refractivity contribution is 5.15. The molecule has 0 unspecified atom stereocenters. The van der Waals surface area contributed by atoms with Crippen LogP contribution in [0.4, 0.5) is 0 Å². The van der Waals surface area contributed by atoms with Crippen LogP contribution >= 0.6 is 0 Å². The molecule has 19 heavy (non-hydrogen) atoms. The van der Waals surface area contributed by atoms with Crippen molar-refractivity contribution in [3.63, 3.8) is 0 Å². The maximum Gasteiger partial charge on any atom is 0.0890 e. The lowest BCUT2D eigenvalue weighted by Crippen LogP contribution is -2.50. The third-order valence-electron chi connectivity index (χ3n) is 3.79. The first-order valence-electron chi connectivity index (χ1n) is 6.99. The second-order valence-corrected chi connectivity index (χ2v) is 4.95. The van der Waals surface area contributed by atoms with Crippen molar-refractivity contribution in [2.24, 2.45) is 0 Å². The van der Waals surface area contributed by atoms with Crippen molar-refractivity contribution < 1.29 is 9.47 Å². The fourth-order valence-electron chi connectivity index (χ4n) is 2.83. The highest BCUT2D eigenvalue weighted by Gasteiger charge is 2.29. The van der Waals surface area contributed by atoms with Crippen molar-refractivity contribution >= 4 is 0 Å². The molecule has 2 fully saturated rings. The molecule has 0 atom stereocenters. The van der Waals surface area contributed by atoms with E-state index < -0.39 is 0 Å². The van der Waals surface area contributed by atoms with Gasteiger partial charge in [0.05, 0.1) is 32.6 Å². The minimum atomic E-state index is 0.329. The van der Waals surface area contributed by atoms with Crippen LogP contribution in [0, 0.1) is 0 Å². The van der Waals surface area contributed by atoms with Gasteiger partial charge in [0.1, 0.15) is 0 Å². The van der Waals surface area contributed by atoms with Gasteiger partial charge in [0.15, 0.2) is 0 Å². The van der Waals surface area contributed by atoms with Crippen LogP contribution in [0.3, 0.4) is 0 Å². The Morgan fingerprint density at radius 3 is 1.79 bits per heavy atom. The van der Waals surface area contributed by atoms with Gasteiger partial charge in [-0.2, -0.15) is 0 Å². The summed E-state index contributed by atoms with van der Waals surface area (Å²) in [5.41, 5.74) is 1.32. The van der Waals surface area contributed by atoms with E-state index in [1.807, 2.05) is 12.4 Å².